The molecular weight excluding hydrogens is 226 g/mol. The van der Waals surface area contributed by atoms with Crippen LogP contribution in [0, 0.1) is 0 Å². The zero-order valence-electron chi connectivity index (χ0n) is 10.7. The first-order chi connectivity index (χ1) is 8.66. The van der Waals surface area contributed by atoms with E-state index in [0.717, 1.165) is 17.4 Å². The van der Waals surface area contributed by atoms with Crippen LogP contribution in [0.2, 0.25) is 0 Å². The van der Waals surface area contributed by atoms with Crippen LogP contribution in [-0.2, 0) is 0 Å². The smallest absolute Gasteiger partial charge is 0.251 e. The number of nitrogens with one attached hydrogen (secondary N) is 1. The average Bonchev–Trinajstić information content (AvgIpc) is 2.37. The summed E-state index contributed by atoms with van der Waals surface area (Å²) in [4.78, 5) is 18.2. The van der Waals surface area contributed by atoms with E-state index in [1.54, 1.807) is 6.20 Å². The van der Waals surface area contributed by atoms with Gasteiger partial charge in [-0.15, -0.1) is 0 Å². The summed E-state index contributed by atoms with van der Waals surface area (Å²) in [5, 5.41) is 3.93. The van der Waals surface area contributed by atoms with E-state index in [-0.39, 0.29) is 5.91 Å². The molecule has 1 heterocycles. The number of benzene rings is 1. The Hall–Kier alpha value is -1.94. The van der Waals surface area contributed by atoms with Crippen LogP contribution in [0.25, 0.3) is 10.9 Å². The molecule has 1 N–H and O–H groups in total. The molecule has 0 atom stereocenters. The largest absolute Gasteiger partial charge is 0.351 e. The second kappa shape index (κ2) is 5.60. The molecule has 2 rings (SSSR count). The van der Waals surface area contributed by atoms with E-state index in [1.165, 1.54) is 0 Å². The van der Waals surface area contributed by atoms with Gasteiger partial charge in [-0.3, -0.25) is 9.78 Å². The Bertz CT molecular complexity index is 551. The Morgan fingerprint density at radius 3 is 2.94 bits per heavy atom. The van der Waals surface area contributed by atoms with E-state index < -0.39 is 0 Å². The van der Waals surface area contributed by atoms with Gasteiger partial charge in [0.1, 0.15) is 0 Å². The number of nitrogens with zero attached hydrogens (tertiary/aromatic N) is 2. The number of rotatable bonds is 4. The minimum absolute atomic E-state index is 0.0515. The van der Waals surface area contributed by atoms with Crippen molar-refractivity contribution in [1.29, 1.82) is 0 Å². The maximum Gasteiger partial charge on any atom is 0.251 e. The van der Waals surface area contributed by atoms with Crippen LogP contribution in [0.5, 0.6) is 0 Å². The highest BCUT2D eigenvalue weighted by Crippen LogP contribution is 2.12. The fraction of sp³-hybridized carbons (Fsp3) is 0.286. The van der Waals surface area contributed by atoms with Crippen molar-refractivity contribution in [3.63, 3.8) is 0 Å². The molecule has 1 aromatic heterocycles. The molecule has 0 fully saturated rings. The van der Waals surface area contributed by atoms with Crippen molar-refractivity contribution in [1.82, 2.24) is 15.2 Å². The number of hydrogen-bond donors (Lipinski definition) is 1. The fourth-order valence-electron chi connectivity index (χ4n) is 1.70. The molecular formula is C14H17N3O. The van der Waals surface area contributed by atoms with Crippen LogP contribution < -0.4 is 5.32 Å². The lowest BCUT2D eigenvalue weighted by atomic mass is 10.1. The minimum atomic E-state index is -0.0515. The van der Waals surface area contributed by atoms with Gasteiger partial charge in [0.25, 0.3) is 5.91 Å². The van der Waals surface area contributed by atoms with E-state index in [4.69, 9.17) is 0 Å². The van der Waals surface area contributed by atoms with Crippen molar-refractivity contribution in [2.45, 2.75) is 0 Å². The van der Waals surface area contributed by atoms with Crippen molar-refractivity contribution >= 4 is 16.8 Å². The summed E-state index contributed by atoms with van der Waals surface area (Å²) in [5.74, 6) is -0.0515. The highest BCUT2D eigenvalue weighted by Gasteiger charge is 2.06. The minimum Gasteiger partial charge on any atom is -0.351 e. The van der Waals surface area contributed by atoms with Crippen LogP contribution in [-0.4, -0.2) is 43.0 Å². The standard InChI is InChI=1S/C14H17N3O/c1-17(2)9-8-16-14(18)12-6-5-11-4-3-7-15-13(11)10-12/h3-7,10H,8-9H2,1-2H3,(H,16,18). The van der Waals surface area contributed by atoms with E-state index in [0.29, 0.717) is 12.1 Å². The molecule has 0 aliphatic heterocycles. The quantitative estimate of drug-likeness (QED) is 0.885. The maximum absolute atomic E-state index is 11.9. The fourth-order valence-corrected chi connectivity index (χ4v) is 1.70. The SMILES string of the molecule is CN(C)CCNC(=O)c1ccc2cccnc2c1. The summed E-state index contributed by atoms with van der Waals surface area (Å²) in [6.07, 6.45) is 1.73. The van der Waals surface area contributed by atoms with E-state index >= 15 is 0 Å². The predicted octanol–water partition coefficient (Wildman–Crippen LogP) is 1.53. The molecule has 18 heavy (non-hydrogen) atoms. The second-order valence-electron chi connectivity index (χ2n) is 4.47. The number of amides is 1. The van der Waals surface area contributed by atoms with Crippen LogP contribution in [0.1, 0.15) is 10.4 Å². The zero-order valence-corrected chi connectivity index (χ0v) is 10.7. The van der Waals surface area contributed by atoms with Crippen molar-refractivity contribution in [3.8, 4) is 0 Å². The molecule has 4 heteroatoms. The van der Waals surface area contributed by atoms with Crippen molar-refractivity contribution in [3.05, 3.63) is 42.1 Å². The normalized spacial score (nSPS) is 10.8. The van der Waals surface area contributed by atoms with Gasteiger partial charge in [-0.2, -0.15) is 0 Å². The third-order valence-electron chi connectivity index (χ3n) is 2.71. The third-order valence-corrected chi connectivity index (χ3v) is 2.71. The lowest BCUT2D eigenvalue weighted by Crippen LogP contribution is -2.31. The molecule has 0 bridgehead atoms. The summed E-state index contributed by atoms with van der Waals surface area (Å²) in [7, 11) is 3.96. The van der Waals surface area contributed by atoms with E-state index in [9.17, 15) is 4.79 Å². The van der Waals surface area contributed by atoms with Gasteiger partial charge in [0, 0.05) is 30.2 Å². The van der Waals surface area contributed by atoms with Crippen LogP contribution in [0.4, 0.5) is 0 Å². The van der Waals surface area contributed by atoms with Gasteiger partial charge < -0.3 is 10.2 Å². The first kappa shape index (κ1) is 12.5. The highest BCUT2D eigenvalue weighted by atomic mass is 16.1. The number of aromatic nitrogens is 1. The van der Waals surface area contributed by atoms with Crippen LogP contribution in [0.3, 0.4) is 0 Å². The van der Waals surface area contributed by atoms with Crippen LogP contribution >= 0.6 is 0 Å². The summed E-state index contributed by atoms with van der Waals surface area (Å²) in [5.41, 5.74) is 1.50. The van der Waals surface area contributed by atoms with Crippen LogP contribution in [0.15, 0.2) is 36.5 Å². The summed E-state index contributed by atoms with van der Waals surface area (Å²) >= 11 is 0. The molecule has 2 aromatic rings. The molecule has 0 radical (unpaired) electrons. The van der Waals surface area contributed by atoms with E-state index in [1.807, 2.05) is 49.3 Å². The molecule has 0 aliphatic rings. The Labute approximate surface area is 107 Å². The summed E-state index contributed by atoms with van der Waals surface area (Å²) in [6, 6.07) is 9.44. The Morgan fingerprint density at radius 2 is 2.17 bits per heavy atom. The van der Waals surface area contributed by atoms with Gasteiger partial charge in [-0.1, -0.05) is 12.1 Å². The number of carbonyl (C=O) groups excluding carboxylic acids is 1. The molecule has 0 aliphatic carbocycles. The zero-order chi connectivity index (χ0) is 13.0. The molecule has 0 unspecified atom stereocenters. The lowest BCUT2D eigenvalue weighted by molar-refractivity contribution is 0.0951. The van der Waals surface area contributed by atoms with Gasteiger partial charge in [0.15, 0.2) is 0 Å². The molecule has 1 amide bonds. The highest BCUT2D eigenvalue weighted by molar-refractivity contribution is 5.97. The van der Waals surface area contributed by atoms with Gasteiger partial charge in [-0.05, 0) is 32.3 Å². The Kier molecular flexibility index (Phi) is 3.89. The second-order valence-corrected chi connectivity index (χ2v) is 4.47. The molecule has 1 aromatic carbocycles. The topological polar surface area (TPSA) is 45.2 Å². The van der Waals surface area contributed by atoms with Gasteiger partial charge in [-0.25, -0.2) is 0 Å². The number of hydrogen-bond acceptors (Lipinski definition) is 3. The Morgan fingerprint density at radius 1 is 1.33 bits per heavy atom. The third kappa shape index (κ3) is 3.05. The number of fused-ring (bicyclic) bond motifs is 1. The van der Waals surface area contributed by atoms with E-state index in [2.05, 4.69) is 10.3 Å². The predicted molar refractivity (Wildman–Crippen MR) is 72.6 cm³/mol. The van der Waals surface area contributed by atoms with Crippen molar-refractivity contribution in [2.75, 3.05) is 27.2 Å². The number of likely N-dealkylation sites (N-methyl/N-ethyl adjacent to an activating group) is 1. The summed E-state index contributed by atoms with van der Waals surface area (Å²) < 4.78 is 0. The van der Waals surface area contributed by atoms with Crippen molar-refractivity contribution in [2.24, 2.45) is 0 Å². The number of carbonyl (C=O) groups is 1. The first-order valence-electron chi connectivity index (χ1n) is 5.94. The Balaban J connectivity index is 2.08. The summed E-state index contributed by atoms with van der Waals surface area (Å²) in [6.45, 7) is 1.48. The lowest BCUT2D eigenvalue weighted by Gasteiger charge is -2.10. The van der Waals surface area contributed by atoms with Gasteiger partial charge in [0.05, 0.1) is 5.52 Å². The monoisotopic (exact) mass is 243 g/mol. The molecule has 0 spiro atoms. The molecule has 4 nitrogen and oxygen atoms in total. The van der Waals surface area contributed by atoms with Gasteiger partial charge >= 0.3 is 0 Å². The average molecular weight is 243 g/mol. The maximum atomic E-state index is 11.9. The first-order valence-corrected chi connectivity index (χ1v) is 5.94. The van der Waals surface area contributed by atoms with Gasteiger partial charge in [0.2, 0.25) is 0 Å². The number of pyridine rings is 1. The molecule has 0 saturated carbocycles. The molecule has 94 valence electrons. The van der Waals surface area contributed by atoms with Crippen molar-refractivity contribution < 1.29 is 4.79 Å². The molecule has 0 saturated heterocycles.